The van der Waals surface area contributed by atoms with E-state index in [4.69, 9.17) is 0 Å². The standard InChI is InChI=1S/C12H19N3O4S/c1-9(2)12(11(16)17)4-5-15(7-12)20(18,19)10-6-14(3)8-13-10/h6,8-9H,4-5,7H2,1-3H3,(H,16,17). The number of hydrogen-bond donors (Lipinski definition) is 1. The topological polar surface area (TPSA) is 92.5 Å². The quantitative estimate of drug-likeness (QED) is 0.876. The zero-order valence-corrected chi connectivity index (χ0v) is 12.6. The Morgan fingerprint density at radius 2 is 2.15 bits per heavy atom. The molecule has 0 spiro atoms. The van der Waals surface area contributed by atoms with Gasteiger partial charge in [-0.25, -0.2) is 13.4 Å². The van der Waals surface area contributed by atoms with Crippen molar-refractivity contribution < 1.29 is 18.3 Å². The first-order valence-corrected chi connectivity index (χ1v) is 7.85. The van der Waals surface area contributed by atoms with Crippen LogP contribution in [0.4, 0.5) is 0 Å². The van der Waals surface area contributed by atoms with E-state index in [2.05, 4.69) is 4.98 Å². The largest absolute Gasteiger partial charge is 0.481 e. The van der Waals surface area contributed by atoms with Crippen LogP contribution in [-0.2, 0) is 21.9 Å². The molecule has 8 heteroatoms. The van der Waals surface area contributed by atoms with Crippen molar-refractivity contribution in [1.29, 1.82) is 0 Å². The van der Waals surface area contributed by atoms with Crippen LogP contribution in [0.2, 0.25) is 0 Å². The summed E-state index contributed by atoms with van der Waals surface area (Å²) in [6.07, 6.45) is 3.16. The molecule has 0 saturated carbocycles. The number of aryl methyl sites for hydroxylation is 1. The average Bonchev–Trinajstić information content (AvgIpc) is 2.95. The van der Waals surface area contributed by atoms with E-state index < -0.39 is 21.4 Å². The lowest BCUT2D eigenvalue weighted by molar-refractivity contribution is -0.150. The highest BCUT2D eigenvalue weighted by atomic mass is 32.2. The summed E-state index contributed by atoms with van der Waals surface area (Å²) in [6.45, 7) is 3.83. The van der Waals surface area contributed by atoms with Gasteiger partial charge < -0.3 is 9.67 Å². The van der Waals surface area contributed by atoms with Crippen molar-refractivity contribution in [2.24, 2.45) is 18.4 Å². The Bertz CT molecular complexity index is 622. The molecule has 1 aromatic rings. The molecule has 0 amide bonds. The molecule has 2 rings (SSSR count). The predicted molar refractivity (Wildman–Crippen MR) is 71.5 cm³/mol. The smallest absolute Gasteiger partial charge is 0.311 e. The molecule has 1 aromatic heterocycles. The first kappa shape index (κ1) is 15.0. The predicted octanol–water partition coefficient (Wildman–Crippen LogP) is 0.541. The molecule has 1 aliphatic heterocycles. The van der Waals surface area contributed by atoms with Gasteiger partial charge in [0.15, 0.2) is 5.03 Å². The molecule has 2 heterocycles. The highest BCUT2D eigenvalue weighted by Gasteiger charge is 2.50. The van der Waals surface area contributed by atoms with Crippen LogP contribution in [-0.4, -0.2) is 46.4 Å². The molecule has 0 radical (unpaired) electrons. The highest BCUT2D eigenvalue weighted by Crippen LogP contribution is 2.40. The normalized spacial score (nSPS) is 24.4. The molecule has 7 nitrogen and oxygen atoms in total. The summed E-state index contributed by atoms with van der Waals surface area (Å²) in [4.78, 5) is 15.4. The fourth-order valence-corrected chi connectivity index (χ4v) is 4.03. The van der Waals surface area contributed by atoms with Gasteiger partial charge in [0, 0.05) is 26.3 Å². The maximum absolute atomic E-state index is 12.4. The Hall–Kier alpha value is -1.41. The van der Waals surface area contributed by atoms with Crippen molar-refractivity contribution >= 4 is 16.0 Å². The number of imidazole rings is 1. The van der Waals surface area contributed by atoms with E-state index >= 15 is 0 Å². The Balaban J connectivity index is 2.31. The van der Waals surface area contributed by atoms with Crippen LogP contribution >= 0.6 is 0 Å². The van der Waals surface area contributed by atoms with Crippen LogP contribution in [0.1, 0.15) is 20.3 Å². The molecule has 0 bridgehead atoms. The third kappa shape index (κ3) is 2.22. The molecule has 1 aliphatic rings. The number of rotatable bonds is 4. The second-order valence-electron chi connectivity index (χ2n) is 5.58. The minimum atomic E-state index is -3.72. The minimum absolute atomic E-state index is 0.00108. The van der Waals surface area contributed by atoms with Gasteiger partial charge in [-0.1, -0.05) is 13.8 Å². The van der Waals surface area contributed by atoms with Crippen molar-refractivity contribution in [2.45, 2.75) is 25.3 Å². The summed E-state index contributed by atoms with van der Waals surface area (Å²) in [7, 11) is -2.03. The van der Waals surface area contributed by atoms with Crippen LogP contribution < -0.4 is 0 Å². The first-order chi connectivity index (χ1) is 9.20. The lowest BCUT2D eigenvalue weighted by atomic mass is 9.77. The monoisotopic (exact) mass is 301 g/mol. The zero-order chi connectivity index (χ0) is 15.1. The fourth-order valence-electron chi connectivity index (χ4n) is 2.55. The zero-order valence-electron chi connectivity index (χ0n) is 11.8. The van der Waals surface area contributed by atoms with Gasteiger partial charge in [0.25, 0.3) is 10.0 Å². The summed E-state index contributed by atoms with van der Waals surface area (Å²) in [6, 6.07) is 0. The van der Waals surface area contributed by atoms with Crippen LogP contribution in [0.15, 0.2) is 17.6 Å². The van der Waals surface area contributed by atoms with Gasteiger partial charge in [-0.15, -0.1) is 0 Å². The second kappa shape index (κ2) is 4.85. The van der Waals surface area contributed by atoms with Crippen LogP contribution in [0.25, 0.3) is 0 Å². The van der Waals surface area contributed by atoms with E-state index in [9.17, 15) is 18.3 Å². The number of sulfonamides is 1. The van der Waals surface area contributed by atoms with Gasteiger partial charge in [0.2, 0.25) is 0 Å². The van der Waals surface area contributed by atoms with Crippen molar-refractivity contribution in [3.63, 3.8) is 0 Å². The first-order valence-electron chi connectivity index (χ1n) is 6.41. The molecule has 20 heavy (non-hydrogen) atoms. The molecule has 1 unspecified atom stereocenters. The lowest BCUT2D eigenvalue weighted by Crippen LogP contribution is -2.40. The van der Waals surface area contributed by atoms with Crippen LogP contribution in [0.3, 0.4) is 0 Å². The minimum Gasteiger partial charge on any atom is -0.481 e. The number of carbonyl (C=O) groups is 1. The van der Waals surface area contributed by atoms with Crippen molar-refractivity contribution in [3.8, 4) is 0 Å². The van der Waals surface area contributed by atoms with E-state index in [-0.39, 0.29) is 24.0 Å². The van der Waals surface area contributed by atoms with Crippen molar-refractivity contribution in [1.82, 2.24) is 13.9 Å². The molecule has 0 aromatic carbocycles. The molecule has 112 valence electrons. The maximum atomic E-state index is 12.4. The molecule has 1 atom stereocenters. The fraction of sp³-hybridized carbons (Fsp3) is 0.667. The van der Waals surface area contributed by atoms with Gasteiger partial charge in [-0.2, -0.15) is 4.31 Å². The van der Waals surface area contributed by atoms with E-state index in [0.717, 1.165) is 0 Å². The number of hydrogen-bond acceptors (Lipinski definition) is 4. The van der Waals surface area contributed by atoms with Crippen LogP contribution in [0, 0.1) is 11.3 Å². The summed E-state index contributed by atoms with van der Waals surface area (Å²) in [5.41, 5.74) is -1.01. The second-order valence-corrected chi connectivity index (χ2v) is 7.47. The number of aromatic nitrogens is 2. The Morgan fingerprint density at radius 3 is 2.55 bits per heavy atom. The van der Waals surface area contributed by atoms with Gasteiger partial charge in [-0.3, -0.25) is 4.79 Å². The Kier molecular flexibility index (Phi) is 3.64. The number of nitrogens with zero attached hydrogens (tertiary/aromatic N) is 3. The summed E-state index contributed by atoms with van der Waals surface area (Å²) >= 11 is 0. The van der Waals surface area contributed by atoms with Gasteiger partial charge in [-0.05, 0) is 12.3 Å². The number of aliphatic carboxylic acids is 1. The van der Waals surface area contributed by atoms with Crippen molar-refractivity contribution in [2.75, 3.05) is 13.1 Å². The van der Waals surface area contributed by atoms with Gasteiger partial charge in [0.1, 0.15) is 0 Å². The molecular weight excluding hydrogens is 282 g/mol. The van der Waals surface area contributed by atoms with E-state index in [1.807, 2.05) is 13.8 Å². The summed E-state index contributed by atoms with van der Waals surface area (Å²) in [5.74, 6) is -1.07. The third-order valence-electron chi connectivity index (χ3n) is 4.08. The van der Waals surface area contributed by atoms with Gasteiger partial charge in [0.05, 0.1) is 11.7 Å². The summed E-state index contributed by atoms with van der Waals surface area (Å²) < 4.78 is 27.7. The Morgan fingerprint density at radius 1 is 1.50 bits per heavy atom. The molecule has 0 aliphatic carbocycles. The molecule has 1 fully saturated rings. The SMILES string of the molecule is CC(C)C1(C(=O)O)CCN(S(=O)(=O)c2cn(C)cn2)C1. The summed E-state index contributed by atoms with van der Waals surface area (Å²) in [5, 5.41) is 9.41. The van der Waals surface area contributed by atoms with Crippen LogP contribution in [0.5, 0.6) is 0 Å². The van der Waals surface area contributed by atoms with E-state index in [0.29, 0.717) is 6.42 Å². The van der Waals surface area contributed by atoms with Crippen molar-refractivity contribution in [3.05, 3.63) is 12.5 Å². The molecular formula is C12H19N3O4S. The number of carboxylic acid groups (broad SMARTS) is 1. The lowest BCUT2D eigenvalue weighted by Gasteiger charge is -2.28. The van der Waals surface area contributed by atoms with E-state index in [1.54, 1.807) is 11.6 Å². The highest BCUT2D eigenvalue weighted by molar-refractivity contribution is 7.89. The molecule has 1 N–H and O–H groups in total. The number of carboxylic acids is 1. The third-order valence-corrected chi connectivity index (χ3v) is 5.81. The van der Waals surface area contributed by atoms with Gasteiger partial charge >= 0.3 is 5.97 Å². The Labute approximate surface area is 118 Å². The average molecular weight is 301 g/mol. The molecule has 1 saturated heterocycles. The van der Waals surface area contributed by atoms with E-state index in [1.165, 1.54) is 16.8 Å². The maximum Gasteiger partial charge on any atom is 0.311 e.